The van der Waals surface area contributed by atoms with Crippen LogP contribution < -0.4 is 9.47 Å². The third kappa shape index (κ3) is 2.84. The topological polar surface area (TPSA) is 72.8 Å². The van der Waals surface area contributed by atoms with E-state index in [9.17, 15) is 13.5 Å². The Morgan fingerprint density at radius 1 is 1.21 bits per heavy atom. The predicted molar refractivity (Wildman–Crippen MR) is 70.5 cm³/mol. The quantitative estimate of drug-likeness (QED) is 0.879. The minimum absolute atomic E-state index is 0.0957. The van der Waals surface area contributed by atoms with E-state index < -0.39 is 15.4 Å². The molecular weight excluding hydrogens is 268 g/mol. The third-order valence-corrected chi connectivity index (χ3v) is 4.43. The molecule has 0 atom stereocenters. The van der Waals surface area contributed by atoms with Gasteiger partial charge in [0.1, 0.15) is 4.90 Å². The van der Waals surface area contributed by atoms with Crippen LogP contribution in [0.3, 0.4) is 0 Å². The van der Waals surface area contributed by atoms with E-state index >= 15 is 0 Å². The Hall–Kier alpha value is -1.27. The van der Waals surface area contributed by atoms with Crippen molar-refractivity contribution in [3.63, 3.8) is 0 Å². The summed E-state index contributed by atoms with van der Waals surface area (Å²) in [5.74, 6) is 0.581. The first-order valence-electron chi connectivity index (χ1n) is 5.97. The normalized spacial score (nSPS) is 17.1. The van der Waals surface area contributed by atoms with Crippen molar-refractivity contribution in [2.75, 3.05) is 20.5 Å². The molecule has 106 valence electrons. The van der Waals surface area contributed by atoms with Gasteiger partial charge in [-0.05, 0) is 18.9 Å². The van der Waals surface area contributed by atoms with Crippen molar-refractivity contribution in [2.45, 2.75) is 29.8 Å². The summed E-state index contributed by atoms with van der Waals surface area (Å²) in [7, 11) is -0.523. The molecule has 1 aromatic carbocycles. The summed E-state index contributed by atoms with van der Waals surface area (Å²) in [5.41, 5.74) is 0.0806. The van der Waals surface area contributed by atoms with Crippen LogP contribution in [-0.4, -0.2) is 39.6 Å². The predicted octanol–water partition coefficient (Wildman–Crippen LogP) is 1.17. The van der Waals surface area contributed by atoms with Gasteiger partial charge >= 0.3 is 0 Å². The Bertz CT molecular complexity index is 587. The Labute approximate surface area is 113 Å². The molecule has 1 aliphatic rings. The highest BCUT2D eigenvalue weighted by Gasteiger charge is 2.41. The lowest BCUT2D eigenvalue weighted by Crippen LogP contribution is -2.13. The summed E-state index contributed by atoms with van der Waals surface area (Å²) in [6.45, 7) is 0. The zero-order valence-electron chi connectivity index (χ0n) is 11.3. The SMILES string of the molecule is COc1c(CC2(O)CC2)ccc(S(C)(=O)=O)c1OC. The van der Waals surface area contributed by atoms with Crippen LogP contribution in [0.1, 0.15) is 18.4 Å². The summed E-state index contributed by atoms with van der Waals surface area (Å²) in [6, 6.07) is 3.17. The van der Waals surface area contributed by atoms with Gasteiger partial charge in [-0.15, -0.1) is 0 Å². The number of rotatable bonds is 5. The first-order chi connectivity index (χ1) is 8.80. The van der Waals surface area contributed by atoms with E-state index in [1.54, 1.807) is 6.07 Å². The maximum absolute atomic E-state index is 11.7. The number of sulfone groups is 1. The number of hydrogen-bond donors (Lipinski definition) is 1. The van der Waals surface area contributed by atoms with Gasteiger partial charge in [0, 0.05) is 18.2 Å². The number of aliphatic hydroxyl groups is 1. The van der Waals surface area contributed by atoms with E-state index in [2.05, 4.69) is 0 Å². The highest BCUT2D eigenvalue weighted by atomic mass is 32.2. The van der Waals surface area contributed by atoms with Crippen LogP contribution in [0.2, 0.25) is 0 Å². The molecular formula is C13H18O5S. The lowest BCUT2D eigenvalue weighted by Gasteiger charge is -2.17. The van der Waals surface area contributed by atoms with Crippen molar-refractivity contribution < 1.29 is 23.0 Å². The van der Waals surface area contributed by atoms with Crippen molar-refractivity contribution in [1.29, 1.82) is 0 Å². The second-order valence-corrected chi connectivity index (χ2v) is 6.95. The monoisotopic (exact) mass is 286 g/mol. The largest absolute Gasteiger partial charge is 0.493 e. The fourth-order valence-electron chi connectivity index (χ4n) is 2.11. The Morgan fingerprint density at radius 3 is 2.21 bits per heavy atom. The summed E-state index contributed by atoms with van der Waals surface area (Å²) in [4.78, 5) is 0.0957. The van der Waals surface area contributed by atoms with Crippen molar-refractivity contribution in [1.82, 2.24) is 0 Å². The highest BCUT2D eigenvalue weighted by Crippen LogP contribution is 2.44. The van der Waals surface area contributed by atoms with E-state index in [0.29, 0.717) is 12.2 Å². The van der Waals surface area contributed by atoms with Gasteiger partial charge in [0.05, 0.1) is 19.8 Å². The van der Waals surface area contributed by atoms with E-state index in [1.807, 2.05) is 0 Å². The van der Waals surface area contributed by atoms with E-state index in [0.717, 1.165) is 24.7 Å². The lowest BCUT2D eigenvalue weighted by molar-refractivity contribution is 0.149. The summed E-state index contributed by atoms with van der Waals surface area (Å²) in [6.07, 6.45) is 3.08. The second-order valence-electron chi connectivity index (χ2n) is 4.96. The fraction of sp³-hybridized carbons (Fsp3) is 0.538. The zero-order chi connectivity index (χ0) is 14.3. The van der Waals surface area contributed by atoms with Gasteiger partial charge in [0.15, 0.2) is 21.3 Å². The first kappa shape index (κ1) is 14.1. The van der Waals surface area contributed by atoms with E-state index in [4.69, 9.17) is 9.47 Å². The Balaban J connectivity index is 2.53. The molecule has 1 fully saturated rings. The van der Waals surface area contributed by atoms with Gasteiger partial charge in [-0.2, -0.15) is 0 Å². The maximum Gasteiger partial charge on any atom is 0.179 e. The van der Waals surface area contributed by atoms with Crippen LogP contribution in [0, 0.1) is 0 Å². The molecule has 0 spiro atoms. The highest BCUT2D eigenvalue weighted by molar-refractivity contribution is 7.90. The second kappa shape index (κ2) is 4.68. The molecule has 0 amide bonds. The van der Waals surface area contributed by atoms with Crippen LogP contribution in [-0.2, 0) is 16.3 Å². The average molecular weight is 286 g/mol. The van der Waals surface area contributed by atoms with Crippen molar-refractivity contribution in [3.05, 3.63) is 17.7 Å². The Morgan fingerprint density at radius 2 is 1.79 bits per heavy atom. The summed E-state index contributed by atoms with van der Waals surface area (Å²) >= 11 is 0. The third-order valence-electron chi connectivity index (χ3n) is 3.31. The maximum atomic E-state index is 11.7. The number of benzene rings is 1. The molecule has 6 heteroatoms. The van der Waals surface area contributed by atoms with Crippen LogP contribution in [0.15, 0.2) is 17.0 Å². The van der Waals surface area contributed by atoms with E-state index in [-0.39, 0.29) is 10.6 Å². The minimum atomic E-state index is -3.39. The fourth-order valence-corrected chi connectivity index (χ4v) is 2.94. The van der Waals surface area contributed by atoms with Gasteiger partial charge in [-0.3, -0.25) is 0 Å². The summed E-state index contributed by atoms with van der Waals surface area (Å²) in [5, 5.41) is 9.98. The lowest BCUT2D eigenvalue weighted by atomic mass is 10.0. The van der Waals surface area contributed by atoms with Crippen LogP contribution in [0.4, 0.5) is 0 Å². The van der Waals surface area contributed by atoms with Gasteiger partial charge in [0.2, 0.25) is 0 Å². The number of hydrogen-bond acceptors (Lipinski definition) is 5. The van der Waals surface area contributed by atoms with Gasteiger partial charge in [-0.25, -0.2) is 8.42 Å². The van der Waals surface area contributed by atoms with Crippen LogP contribution in [0.5, 0.6) is 11.5 Å². The molecule has 1 aromatic rings. The molecule has 0 saturated heterocycles. The molecule has 0 bridgehead atoms. The summed E-state index contributed by atoms with van der Waals surface area (Å²) < 4.78 is 33.9. The zero-order valence-corrected chi connectivity index (χ0v) is 12.1. The molecule has 0 aromatic heterocycles. The first-order valence-corrected chi connectivity index (χ1v) is 7.86. The van der Waals surface area contributed by atoms with Crippen LogP contribution >= 0.6 is 0 Å². The number of methoxy groups -OCH3 is 2. The molecule has 19 heavy (non-hydrogen) atoms. The minimum Gasteiger partial charge on any atom is -0.493 e. The molecule has 2 rings (SSSR count). The number of ether oxygens (including phenoxy) is 2. The molecule has 5 nitrogen and oxygen atoms in total. The molecule has 0 aliphatic heterocycles. The van der Waals surface area contributed by atoms with Gasteiger partial charge in [-0.1, -0.05) is 6.07 Å². The average Bonchev–Trinajstić information content (AvgIpc) is 3.04. The van der Waals surface area contributed by atoms with Crippen molar-refractivity contribution in [2.24, 2.45) is 0 Å². The van der Waals surface area contributed by atoms with E-state index in [1.165, 1.54) is 20.3 Å². The molecule has 1 aliphatic carbocycles. The molecule has 1 N–H and O–H groups in total. The van der Waals surface area contributed by atoms with Gasteiger partial charge in [0.25, 0.3) is 0 Å². The van der Waals surface area contributed by atoms with Crippen LogP contribution in [0.25, 0.3) is 0 Å². The van der Waals surface area contributed by atoms with Crippen molar-refractivity contribution >= 4 is 9.84 Å². The molecule has 0 radical (unpaired) electrons. The van der Waals surface area contributed by atoms with Crippen molar-refractivity contribution in [3.8, 4) is 11.5 Å². The smallest absolute Gasteiger partial charge is 0.179 e. The molecule has 0 unspecified atom stereocenters. The molecule has 1 saturated carbocycles. The molecule has 0 heterocycles. The Kier molecular flexibility index (Phi) is 3.49. The standard InChI is InChI=1S/C13H18O5S/c1-17-11-9(8-13(14)6-7-13)4-5-10(12(11)18-2)19(3,15)16/h4-5,14H,6-8H2,1-3H3. The van der Waals surface area contributed by atoms with Gasteiger partial charge < -0.3 is 14.6 Å².